The monoisotopic (exact) mass is 1180 g/mol. The number of carbonyl (C=O) groups excluding carboxylic acids is 2. The van der Waals surface area contributed by atoms with Gasteiger partial charge in [-0.05, 0) is 103 Å². The maximum absolute atomic E-state index is 13.8. The van der Waals surface area contributed by atoms with Gasteiger partial charge >= 0.3 is 0 Å². The molecule has 82 heavy (non-hydrogen) atoms. The molecule has 11 rings (SSSR count). The van der Waals surface area contributed by atoms with Crippen molar-refractivity contribution in [1.82, 2.24) is 33.9 Å². The number of aromatic nitrogens is 5. The van der Waals surface area contributed by atoms with Gasteiger partial charge in [-0.1, -0.05) is 113 Å². The quantitative estimate of drug-likeness (QED) is 0.0524. The van der Waals surface area contributed by atoms with Crippen LogP contribution in [0.15, 0.2) is 171 Å². The first-order valence-electron chi connectivity index (χ1n) is 27.8. The van der Waals surface area contributed by atoms with E-state index in [0.29, 0.717) is 51.4 Å². The summed E-state index contributed by atoms with van der Waals surface area (Å²) in [4.78, 5) is 33.9. The number of fused-ring (bicyclic) bond motifs is 10. The van der Waals surface area contributed by atoms with Gasteiger partial charge in [0.1, 0.15) is 16.2 Å². The van der Waals surface area contributed by atoms with Crippen molar-refractivity contribution < 1.29 is 34.8 Å². The van der Waals surface area contributed by atoms with Crippen LogP contribution in [0.25, 0.3) is 44.3 Å². The van der Waals surface area contributed by atoms with E-state index in [-0.39, 0.29) is 51.9 Å². The molecular formula is C63H67N7O8S4. The Kier molecular flexibility index (Phi) is 17.9. The van der Waals surface area contributed by atoms with Gasteiger partial charge in [-0.2, -0.15) is 16.8 Å². The third kappa shape index (κ3) is 11.9. The predicted molar refractivity (Wildman–Crippen MR) is 325 cm³/mol. The zero-order valence-corrected chi connectivity index (χ0v) is 50.2. The molecule has 5 heterocycles. The molecule has 0 aliphatic carbocycles. The van der Waals surface area contributed by atoms with Gasteiger partial charge in [0.2, 0.25) is 11.8 Å². The first kappa shape index (κ1) is 58.2. The molecule has 0 saturated heterocycles. The molecule has 2 unspecified atom stereocenters. The number of hydrogen-bond acceptors (Lipinski definition) is 12. The summed E-state index contributed by atoms with van der Waals surface area (Å²) in [7, 11) is -7.65. The average Bonchev–Trinajstić information content (AvgIpc) is 4.31. The minimum absolute atomic E-state index is 0.0688. The standard InChI is InChI=1S/C32H33N5O4S2.C31H34N2O4S2/c1-4-35(5-2)32(38)31-29-25-10-6-8-12-27(25)37(30(29)26-11-7-9-13-28(26)42-31)21-23-20-36(34-33-23)18-19-41-43(39,40)24-16-14-22(3)15-17-24;1-4-32(5-2)31(34)30-28-24-12-6-8-14-26(24)33(29(28)25-13-7-9-15-27(25)38-30)20-10-11-21-37-39(35,36)23-18-16-22(3)17-19-23/h6-17,20,31H,4-5,18-19,21H2,1-3H3;6-9,12-19,30H,4-5,10-11,20-21H2,1-3H3. The SMILES string of the molecule is CCN(CC)C(=O)C1Sc2ccccc2-c2c1c1ccccc1n2CCCCOS(=O)(=O)c1ccc(C)cc1.CCN(CC)C(=O)C1Sc2ccccc2-c2c1c1ccccc1n2Cc1cn(CCOS(=O)(=O)c2ccc(C)cc2)nn1. The van der Waals surface area contributed by atoms with Crippen LogP contribution in [-0.4, -0.2) is 102 Å². The minimum Gasteiger partial charge on any atom is -0.342 e. The minimum atomic E-state index is -3.87. The van der Waals surface area contributed by atoms with Crippen LogP contribution < -0.4 is 0 Å². The summed E-state index contributed by atoms with van der Waals surface area (Å²) >= 11 is 3.25. The van der Waals surface area contributed by atoms with Gasteiger partial charge in [0.15, 0.2) is 0 Å². The van der Waals surface area contributed by atoms with Crippen LogP contribution in [-0.2, 0) is 57.8 Å². The Morgan fingerprint density at radius 1 is 0.537 bits per heavy atom. The number of rotatable bonds is 20. The van der Waals surface area contributed by atoms with E-state index in [1.165, 1.54) is 12.1 Å². The number of para-hydroxylation sites is 2. The Bertz CT molecular complexity index is 4000. The van der Waals surface area contributed by atoms with Gasteiger partial charge < -0.3 is 18.9 Å². The fourth-order valence-electron chi connectivity index (χ4n) is 10.8. The molecule has 3 aromatic heterocycles. The maximum atomic E-state index is 13.8. The number of hydrogen-bond donors (Lipinski definition) is 0. The van der Waals surface area contributed by atoms with Crippen molar-refractivity contribution in [3.63, 3.8) is 0 Å². The summed E-state index contributed by atoms with van der Waals surface area (Å²) in [5, 5.41) is 10.1. The number of likely N-dealkylation sites (N-methyl/N-ethyl adjacent to an activating group) is 2. The van der Waals surface area contributed by atoms with Crippen molar-refractivity contribution in [3.05, 3.63) is 180 Å². The summed E-state index contributed by atoms with van der Waals surface area (Å²) < 4.78 is 67.0. The molecule has 2 aliphatic rings. The van der Waals surface area contributed by atoms with Crippen molar-refractivity contribution in [2.75, 3.05) is 39.4 Å². The molecule has 19 heteroatoms. The highest BCUT2D eigenvalue weighted by molar-refractivity contribution is 8.00. The van der Waals surface area contributed by atoms with E-state index in [2.05, 4.69) is 68.0 Å². The number of unbranched alkanes of at least 4 members (excludes halogenated alkanes) is 1. The fourth-order valence-corrected chi connectivity index (χ4v) is 15.3. The second kappa shape index (κ2) is 25.2. The molecule has 0 N–H and O–H groups in total. The van der Waals surface area contributed by atoms with Crippen LogP contribution in [0.1, 0.15) is 79.0 Å². The molecule has 2 atom stereocenters. The van der Waals surface area contributed by atoms with E-state index in [4.69, 9.17) is 8.37 Å². The lowest BCUT2D eigenvalue weighted by Gasteiger charge is -2.30. The summed E-state index contributed by atoms with van der Waals surface area (Å²) in [6, 6.07) is 46.2. The molecule has 0 spiro atoms. The number of amides is 2. The lowest BCUT2D eigenvalue weighted by molar-refractivity contribution is -0.131. The number of carbonyl (C=O) groups is 2. The Hall–Kier alpha value is -7.00. The predicted octanol–water partition coefficient (Wildman–Crippen LogP) is 12.5. The molecule has 15 nitrogen and oxygen atoms in total. The summed E-state index contributed by atoms with van der Waals surface area (Å²) in [5.74, 6) is 0.249. The van der Waals surface area contributed by atoms with Crippen molar-refractivity contribution in [1.29, 1.82) is 0 Å². The van der Waals surface area contributed by atoms with Crippen molar-refractivity contribution in [3.8, 4) is 22.5 Å². The van der Waals surface area contributed by atoms with E-state index in [1.807, 2.05) is 106 Å². The molecule has 2 amide bonds. The molecule has 2 aliphatic heterocycles. The topological polar surface area (TPSA) is 168 Å². The summed E-state index contributed by atoms with van der Waals surface area (Å²) in [6.07, 6.45) is 3.13. The van der Waals surface area contributed by atoms with E-state index < -0.39 is 20.2 Å². The number of aryl methyl sites for hydroxylation is 3. The Balaban J connectivity index is 0.000000185. The Labute approximate surface area is 488 Å². The number of thioether (sulfide) groups is 2. The summed E-state index contributed by atoms with van der Waals surface area (Å²) in [6.45, 7) is 15.9. The third-order valence-electron chi connectivity index (χ3n) is 15.0. The highest BCUT2D eigenvalue weighted by Gasteiger charge is 2.39. The smallest absolute Gasteiger partial charge is 0.297 e. The van der Waals surface area contributed by atoms with Gasteiger partial charge in [-0.15, -0.1) is 28.6 Å². The van der Waals surface area contributed by atoms with E-state index in [9.17, 15) is 26.4 Å². The van der Waals surface area contributed by atoms with Gasteiger partial charge in [0.05, 0.1) is 53.7 Å². The number of benzene rings is 6. The highest BCUT2D eigenvalue weighted by Crippen LogP contribution is 2.55. The molecule has 0 fully saturated rings. The van der Waals surface area contributed by atoms with Crippen LogP contribution >= 0.6 is 23.5 Å². The molecule has 0 radical (unpaired) electrons. The lowest BCUT2D eigenvalue weighted by atomic mass is 10.0. The first-order valence-corrected chi connectivity index (χ1v) is 32.4. The normalized spacial score (nSPS) is 14.6. The van der Waals surface area contributed by atoms with Gasteiger partial charge in [-0.3, -0.25) is 18.0 Å². The van der Waals surface area contributed by atoms with Crippen LogP contribution in [0, 0.1) is 13.8 Å². The molecule has 0 saturated carbocycles. The van der Waals surface area contributed by atoms with Crippen LogP contribution in [0.3, 0.4) is 0 Å². The second-order valence-electron chi connectivity index (χ2n) is 20.2. The Morgan fingerprint density at radius 3 is 1.48 bits per heavy atom. The second-order valence-corrected chi connectivity index (χ2v) is 25.7. The van der Waals surface area contributed by atoms with E-state index in [0.717, 1.165) is 82.8 Å². The number of nitrogens with zero attached hydrogens (tertiary/aromatic N) is 7. The molecule has 426 valence electrons. The van der Waals surface area contributed by atoms with Gasteiger partial charge in [0.25, 0.3) is 20.2 Å². The highest BCUT2D eigenvalue weighted by atomic mass is 32.2. The lowest BCUT2D eigenvalue weighted by Crippen LogP contribution is -2.34. The Morgan fingerprint density at radius 2 is 0.976 bits per heavy atom. The summed E-state index contributed by atoms with van der Waals surface area (Å²) in [5.41, 5.74) is 11.2. The fraction of sp³-hybridized carbons (Fsp3) is 0.302. The molecular weight excluding hydrogens is 1110 g/mol. The molecule has 6 aromatic carbocycles. The van der Waals surface area contributed by atoms with Crippen LogP contribution in [0.2, 0.25) is 0 Å². The maximum Gasteiger partial charge on any atom is 0.297 e. The molecule has 0 bridgehead atoms. The largest absolute Gasteiger partial charge is 0.342 e. The van der Waals surface area contributed by atoms with Crippen molar-refractivity contribution in [2.24, 2.45) is 0 Å². The van der Waals surface area contributed by atoms with Gasteiger partial charge in [0, 0.05) is 86.6 Å². The van der Waals surface area contributed by atoms with Crippen molar-refractivity contribution in [2.45, 2.75) is 104 Å². The average molecular weight is 1180 g/mol. The van der Waals surface area contributed by atoms with E-state index >= 15 is 0 Å². The first-order chi connectivity index (χ1) is 39.7. The van der Waals surface area contributed by atoms with Crippen LogP contribution in [0.5, 0.6) is 0 Å². The van der Waals surface area contributed by atoms with Gasteiger partial charge in [-0.25, -0.2) is 4.68 Å². The molecule has 9 aromatic rings. The van der Waals surface area contributed by atoms with E-state index in [1.54, 1.807) is 64.6 Å². The van der Waals surface area contributed by atoms with Crippen molar-refractivity contribution >= 4 is 77.4 Å². The zero-order chi connectivity index (χ0) is 57.7. The third-order valence-corrected chi connectivity index (χ3v) is 20.2. The zero-order valence-electron chi connectivity index (χ0n) is 46.9. The van der Waals surface area contributed by atoms with Crippen LogP contribution in [0.4, 0.5) is 0 Å².